The zero-order valence-electron chi connectivity index (χ0n) is 6.55. The van der Waals surface area contributed by atoms with Gasteiger partial charge in [0.15, 0.2) is 0 Å². The van der Waals surface area contributed by atoms with Gasteiger partial charge in [0.05, 0.1) is 10.7 Å². The van der Waals surface area contributed by atoms with E-state index in [2.05, 4.69) is 0 Å². The van der Waals surface area contributed by atoms with Crippen molar-refractivity contribution in [1.29, 1.82) is 0 Å². The third-order valence-corrected chi connectivity index (χ3v) is 2.49. The number of hydrogen-bond donors (Lipinski definition) is 2. The SMILES string of the molecule is Nc1cc(O)c(C2CC2)cc1Cl. The Morgan fingerprint density at radius 3 is 2.67 bits per heavy atom. The summed E-state index contributed by atoms with van der Waals surface area (Å²) in [6.07, 6.45) is 2.29. The quantitative estimate of drug-likeness (QED) is 0.658. The Bertz CT molecular complexity index is 321. The number of nitrogens with two attached hydrogens (primary N) is 1. The third kappa shape index (κ3) is 1.23. The molecule has 1 saturated carbocycles. The fourth-order valence-electron chi connectivity index (χ4n) is 1.31. The summed E-state index contributed by atoms with van der Waals surface area (Å²) in [5.41, 5.74) is 6.90. The van der Waals surface area contributed by atoms with Crippen molar-refractivity contribution in [3.8, 4) is 5.75 Å². The van der Waals surface area contributed by atoms with Gasteiger partial charge in [0, 0.05) is 6.07 Å². The fraction of sp³-hybridized carbons (Fsp3) is 0.333. The van der Waals surface area contributed by atoms with Crippen LogP contribution in [0.25, 0.3) is 0 Å². The molecule has 0 spiro atoms. The normalized spacial score (nSPS) is 16.4. The first-order valence-electron chi connectivity index (χ1n) is 3.96. The standard InChI is InChI=1S/C9H10ClNO/c10-7-3-6(5-1-2-5)9(12)4-8(7)11/h3-5,12H,1-2,11H2. The number of aromatic hydroxyl groups is 1. The topological polar surface area (TPSA) is 46.2 Å². The van der Waals surface area contributed by atoms with E-state index in [0.29, 0.717) is 16.6 Å². The minimum atomic E-state index is 0.277. The Kier molecular flexibility index (Phi) is 1.65. The van der Waals surface area contributed by atoms with Crippen LogP contribution >= 0.6 is 11.6 Å². The maximum atomic E-state index is 9.49. The summed E-state index contributed by atoms with van der Waals surface area (Å²) in [5.74, 6) is 0.780. The molecular formula is C9H10ClNO. The molecule has 3 heteroatoms. The molecule has 0 aliphatic heterocycles. The van der Waals surface area contributed by atoms with Crippen molar-refractivity contribution in [3.63, 3.8) is 0 Å². The minimum Gasteiger partial charge on any atom is -0.508 e. The van der Waals surface area contributed by atoms with E-state index >= 15 is 0 Å². The highest BCUT2D eigenvalue weighted by Gasteiger charge is 2.26. The first-order valence-corrected chi connectivity index (χ1v) is 4.34. The highest BCUT2D eigenvalue weighted by atomic mass is 35.5. The van der Waals surface area contributed by atoms with E-state index in [9.17, 15) is 5.11 Å². The van der Waals surface area contributed by atoms with Crippen molar-refractivity contribution >= 4 is 17.3 Å². The molecule has 0 radical (unpaired) electrons. The van der Waals surface area contributed by atoms with Crippen molar-refractivity contribution in [2.24, 2.45) is 0 Å². The van der Waals surface area contributed by atoms with E-state index in [1.165, 1.54) is 6.07 Å². The average molecular weight is 184 g/mol. The van der Waals surface area contributed by atoms with Crippen molar-refractivity contribution in [2.45, 2.75) is 18.8 Å². The largest absolute Gasteiger partial charge is 0.508 e. The predicted molar refractivity (Wildman–Crippen MR) is 49.5 cm³/mol. The van der Waals surface area contributed by atoms with Crippen LogP contribution in [0.2, 0.25) is 5.02 Å². The Hall–Kier alpha value is -0.890. The second kappa shape index (κ2) is 2.56. The summed E-state index contributed by atoms with van der Waals surface area (Å²) < 4.78 is 0. The average Bonchev–Trinajstić information content (AvgIpc) is 2.79. The predicted octanol–water partition coefficient (Wildman–Crippen LogP) is 2.51. The van der Waals surface area contributed by atoms with Gasteiger partial charge < -0.3 is 10.8 Å². The van der Waals surface area contributed by atoms with Crippen LogP contribution in [0, 0.1) is 0 Å². The van der Waals surface area contributed by atoms with Gasteiger partial charge in [0.25, 0.3) is 0 Å². The molecule has 12 heavy (non-hydrogen) atoms. The van der Waals surface area contributed by atoms with Crippen molar-refractivity contribution in [2.75, 3.05) is 5.73 Å². The number of anilines is 1. The molecule has 0 atom stereocenters. The van der Waals surface area contributed by atoms with E-state index in [1.54, 1.807) is 6.07 Å². The van der Waals surface area contributed by atoms with Crippen LogP contribution in [0.4, 0.5) is 5.69 Å². The molecule has 1 aromatic rings. The van der Waals surface area contributed by atoms with E-state index < -0.39 is 0 Å². The van der Waals surface area contributed by atoms with Crippen LogP contribution < -0.4 is 5.73 Å². The first kappa shape index (κ1) is 7.74. The van der Waals surface area contributed by atoms with Crippen LogP contribution in [0.5, 0.6) is 5.75 Å². The molecule has 0 aromatic heterocycles. The van der Waals surface area contributed by atoms with Crippen LogP contribution in [-0.4, -0.2) is 5.11 Å². The number of nitrogen functional groups attached to an aromatic ring is 1. The monoisotopic (exact) mass is 183 g/mol. The smallest absolute Gasteiger partial charge is 0.121 e. The first-order chi connectivity index (χ1) is 5.68. The van der Waals surface area contributed by atoms with E-state index in [4.69, 9.17) is 17.3 Å². The molecular weight excluding hydrogens is 174 g/mol. The van der Waals surface area contributed by atoms with Gasteiger partial charge in [-0.1, -0.05) is 11.6 Å². The highest BCUT2D eigenvalue weighted by Crippen LogP contribution is 2.45. The Labute approximate surface area is 76.0 Å². The highest BCUT2D eigenvalue weighted by molar-refractivity contribution is 6.33. The summed E-state index contributed by atoms with van der Waals surface area (Å²) in [7, 11) is 0. The summed E-state index contributed by atoms with van der Waals surface area (Å²) in [4.78, 5) is 0. The van der Waals surface area contributed by atoms with Gasteiger partial charge >= 0.3 is 0 Å². The fourth-order valence-corrected chi connectivity index (χ4v) is 1.49. The van der Waals surface area contributed by atoms with Crippen molar-refractivity contribution < 1.29 is 5.11 Å². The van der Waals surface area contributed by atoms with Crippen LogP contribution in [-0.2, 0) is 0 Å². The summed E-state index contributed by atoms with van der Waals surface area (Å²) in [5, 5.41) is 10.0. The Morgan fingerprint density at radius 2 is 2.08 bits per heavy atom. The molecule has 0 saturated heterocycles. The zero-order chi connectivity index (χ0) is 8.72. The number of rotatable bonds is 1. The second-order valence-corrected chi connectivity index (χ2v) is 3.61. The van der Waals surface area contributed by atoms with Gasteiger partial charge in [-0.3, -0.25) is 0 Å². The molecule has 64 valence electrons. The van der Waals surface area contributed by atoms with E-state index in [-0.39, 0.29) is 5.75 Å². The third-order valence-electron chi connectivity index (χ3n) is 2.16. The lowest BCUT2D eigenvalue weighted by atomic mass is 10.1. The zero-order valence-corrected chi connectivity index (χ0v) is 7.30. The van der Waals surface area contributed by atoms with E-state index in [1.807, 2.05) is 0 Å². The number of halogens is 1. The number of phenolic OH excluding ortho intramolecular Hbond substituents is 1. The van der Waals surface area contributed by atoms with E-state index in [0.717, 1.165) is 18.4 Å². The van der Waals surface area contributed by atoms with Crippen molar-refractivity contribution in [3.05, 3.63) is 22.7 Å². The molecule has 0 unspecified atom stereocenters. The van der Waals surface area contributed by atoms with Gasteiger partial charge in [0.2, 0.25) is 0 Å². The van der Waals surface area contributed by atoms with Gasteiger partial charge in [-0.15, -0.1) is 0 Å². The van der Waals surface area contributed by atoms with Gasteiger partial charge in [-0.2, -0.15) is 0 Å². The molecule has 2 nitrogen and oxygen atoms in total. The summed E-state index contributed by atoms with van der Waals surface area (Å²) >= 11 is 5.82. The molecule has 1 fully saturated rings. The Balaban J connectivity index is 2.47. The lowest BCUT2D eigenvalue weighted by Crippen LogP contribution is -1.89. The number of phenols is 1. The second-order valence-electron chi connectivity index (χ2n) is 3.21. The minimum absolute atomic E-state index is 0.277. The molecule has 0 amide bonds. The summed E-state index contributed by atoms with van der Waals surface area (Å²) in [6.45, 7) is 0. The lowest BCUT2D eigenvalue weighted by Gasteiger charge is -2.05. The Morgan fingerprint density at radius 1 is 1.42 bits per heavy atom. The van der Waals surface area contributed by atoms with Crippen molar-refractivity contribution in [1.82, 2.24) is 0 Å². The molecule has 2 rings (SSSR count). The molecule has 0 heterocycles. The van der Waals surface area contributed by atoms with Crippen LogP contribution in [0.1, 0.15) is 24.3 Å². The van der Waals surface area contributed by atoms with Gasteiger partial charge in [0.1, 0.15) is 5.75 Å². The molecule has 1 aromatic carbocycles. The van der Waals surface area contributed by atoms with Gasteiger partial charge in [-0.25, -0.2) is 0 Å². The lowest BCUT2D eigenvalue weighted by molar-refractivity contribution is 0.468. The molecule has 1 aliphatic carbocycles. The maximum Gasteiger partial charge on any atom is 0.121 e. The number of hydrogen-bond acceptors (Lipinski definition) is 2. The van der Waals surface area contributed by atoms with Gasteiger partial charge in [-0.05, 0) is 30.4 Å². The molecule has 3 N–H and O–H groups in total. The molecule has 1 aliphatic rings. The number of benzene rings is 1. The maximum absolute atomic E-state index is 9.49. The molecule has 0 bridgehead atoms. The van der Waals surface area contributed by atoms with Crippen LogP contribution in [0.3, 0.4) is 0 Å². The van der Waals surface area contributed by atoms with Crippen LogP contribution in [0.15, 0.2) is 12.1 Å². The summed E-state index contributed by atoms with van der Waals surface area (Å²) in [6, 6.07) is 3.29.